The fraction of sp³-hybridized carbons (Fsp3) is 0.500. The molecule has 82 valence electrons. The van der Waals surface area contributed by atoms with Gasteiger partial charge in [-0.1, -0.05) is 6.92 Å². The van der Waals surface area contributed by atoms with Gasteiger partial charge in [0.2, 0.25) is 0 Å². The van der Waals surface area contributed by atoms with Gasteiger partial charge in [0.1, 0.15) is 11.6 Å². The van der Waals surface area contributed by atoms with Gasteiger partial charge in [0.15, 0.2) is 0 Å². The second-order valence-electron chi connectivity index (χ2n) is 4.29. The summed E-state index contributed by atoms with van der Waals surface area (Å²) in [5.41, 5.74) is 0.723. The molecule has 15 heavy (non-hydrogen) atoms. The molecule has 0 heterocycles. The number of benzene rings is 1. The third-order valence-electron chi connectivity index (χ3n) is 2.74. The molecular formula is C12H15F2N. The summed E-state index contributed by atoms with van der Waals surface area (Å²) < 4.78 is 25.9. The Morgan fingerprint density at radius 2 is 1.87 bits per heavy atom. The van der Waals surface area contributed by atoms with E-state index in [1.54, 1.807) is 0 Å². The van der Waals surface area contributed by atoms with Crippen LogP contribution < -0.4 is 5.32 Å². The van der Waals surface area contributed by atoms with E-state index >= 15 is 0 Å². The molecular weight excluding hydrogens is 196 g/mol. The highest BCUT2D eigenvalue weighted by Crippen LogP contribution is 2.22. The van der Waals surface area contributed by atoms with Gasteiger partial charge >= 0.3 is 0 Å². The summed E-state index contributed by atoms with van der Waals surface area (Å²) >= 11 is 0. The minimum Gasteiger partial charge on any atom is -0.313 e. The largest absolute Gasteiger partial charge is 0.313 e. The van der Waals surface area contributed by atoms with Crippen molar-refractivity contribution in [3.05, 3.63) is 35.4 Å². The van der Waals surface area contributed by atoms with Crippen molar-refractivity contribution in [3.63, 3.8) is 0 Å². The first-order chi connectivity index (χ1) is 7.15. The monoisotopic (exact) mass is 211 g/mol. The van der Waals surface area contributed by atoms with Gasteiger partial charge in [-0.25, -0.2) is 8.78 Å². The minimum absolute atomic E-state index is 0.149. The van der Waals surface area contributed by atoms with Crippen LogP contribution in [0.2, 0.25) is 0 Å². The average Bonchev–Trinajstić information content (AvgIpc) is 2.96. The van der Waals surface area contributed by atoms with E-state index in [2.05, 4.69) is 5.32 Å². The van der Waals surface area contributed by atoms with E-state index in [-0.39, 0.29) is 5.92 Å². The van der Waals surface area contributed by atoms with Gasteiger partial charge in [-0.3, -0.25) is 0 Å². The van der Waals surface area contributed by atoms with Gasteiger partial charge in [0, 0.05) is 18.7 Å². The zero-order valence-corrected chi connectivity index (χ0v) is 8.76. The lowest BCUT2D eigenvalue weighted by molar-refractivity contribution is 0.565. The molecule has 0 saturated heterocycles. The van der Waals surface area contributed by atoms with E-state index in [0.29, 0.717) is 6.04 Å². The number of hydrogen-bond acceptors (Lipinski definition) is 1. The molecule has 1 fully saturated rings. The molecule has 0 bridgehead atoms. The van der Waals surface area contributed by atoms with E-state index in [0.717, 1.165) is 18.2 Å². The molecule has 0 aromatic heterocycles. The fourth-order valence-corrected chi connectivity index (χ4v) is 1.61. The van der Waals surface area contributed by atoms with Gasteiger partial charge in [0.25, 0.3) is 0 Å². The van der Waals surface area contributed by atoms with Gasteiger partial charge in [-0.05, 0) is 36.5 Å². The van der Waals surface area contributed by atoms with Crippen LogP contribution in [-0.4, -0.2) is 12.6 Å². The molecule has 1 aromatic rings. The fourth-order valence-electron chi connectivity index (χ4n) is 1.61. The highest BCUT2D eigenvalue weighted by molar-refractivity contribution is 5.21. The summed E-state index contributed by atoms with van der Waals surface area (Å²) in [6.45, 7) is 2.76. The van der Waals surface area contributed by atoms with Crippen molar-refractivity contribution in [1.82, 2.24) is 5.32 Å². The first-order valence-electron chi connectivity index (χ1n) is 5.34. The van der Waals surface area contributed by atoms with Crippen molar-refractivity contribution < 1.29 is 8.78 Å². The maximum Gasteiger partial charge on any atom is 0.126 e. The summed E-state index contributed by atoms with van der Waals surface area (Å²) in [4.78, 5) is 0. The first kappa shape index (κ1) is 10.6. The van der Waals surface area contributed by atoms with Crippen LogP contribution in [0.25, 0.3) is 0 Å². The van der Waals surface area contributed by atoms with Gasteiger partial charge in [-0.15, -0.1) is 0 Å². The lowest BCUT2D eigenvalue weighted by Gasteiger charge is -2.12. The van der Waals surface area contributed by atoms with Crippen molar-refractivity contribution >= 4 is 0 Å². The number of halogens is 2. The molecule has 0 radical (unpaired) electrons. The zero-order valence-electron chi connectivity index (χ0n) is 8.76. The average molecular weight is 211 g/mol. The van der Waals surface area contributed by atoms with Gasteiger partial charge < -0.3 is 5.32 Å². The van der Waals surface area contributed by atoms with E-state index in [9.17, 15) is 8.78 Å². The molecule has 1 aromatic carbocycles. The van der Waals surface area contributed by atoms with Crippen molar-refractivity contribution in [2.45, 2.75) is 31.7 Å². The topological polar surface area (TPSA) is 12.0 Å². The molecule has 1 aliphatic carbocycles. The number of rotatable bonds is 4. The summed E-state index contributed by atoms with van der Waals surface area (Å²) in [6.07, 6.45) is 2.45. The molecule has 0 amide bonds. The predicted octanol–water partition coefficient (Wildman–Crippen LogP) is 2.82. The summed E-state index contributed by atoms with van der Waals surface area (Å²) in [6, 6.07) is 4.35. The number of hydrogen-bond donors (Lipinski definition) is 1. The molecule has 1 atom stereocenters. The van der Waals surface area contributed by atoms with Crippen LogP contribution in [0.5, 0.6) is 0 Å². The maximum absolute atomic E-state index is 12.9. The highest BCUT2D eigenvalue weighted by atomic mass is 19.1. The lowest BCUT2D eigenvalue weighted by atomic mass is 10.0. The zero-order chi connectivity index (χ0) is 10.8. The second-order valence-corrected chi connectivity index (χ2v) is 4.29. The Morgan fingerprint density at radius 3 is 2.40 bits per heavy atom. The Labute approximate surface area is 88.5 Å². The minimum atomic E-state index is -0.497. The molecule has 1 saturated carbocycles. The molecule has 3 heteroatoms. The van der Waals surface area contributed by atoms with E-state index < -0.39 is 11.6 Å². The Balaban J connectivity index is 1.99. The molecule has 1 N–H and O–H groups in total. The Kier molecular flexibility index (Phi) is 3.00. The summed E-state index contributed by atoms with van der Waals surface area (Å²) in [5, 5.41) is 3.35. The molecule has 1 aliphatic rings. The second kappa shape index (κ2) is 4.27. The van der Waals surface area contributed by atoms with E-state index in [1.807, 2.05) is 6.92 Å². The van der Waals surface area contributed by atoms with Crippen molar-refractivity contribution in [3.8, 4) is 0 Å². The van der Waals surface area contributed by atoms with Gasteiger partial charge in [0.05, 0.1) is 0 Å². The quantitative estimate of drug-likeness (QED) is 0.807. The molecule has 1 nitrogen and oxygen atoms in total. The smallest absolute Gasteiger partial charge is 0.126 e. The van der Waals surface area contributed by atoms with Crippen molar-refractivity contribution in [2.75, 3.05) is 6.54 Å². The molecule has 2 rings (SSSR count). The van der Waals surface area contributed by atoms with Crippen LogP contribution in [0.4, 0.5) is 8.78 Å². The molecule has 1 unspecified atom stereocenters. The van der Waals surface area contributed by atoms with Crippen LogP contribution in [0, 0.1) is 11.6 Å². The Hall–Kier alpha value is -0.960. The van der Waals surface area contributed by atoms with Crippen LogP contribution in [-0.2, 0) is 0 Å². The third kappa shape index (κ3) is 2.99. The lowest BCUT2D eigenvalue weighted by Crippen LogP contribution is -2.22. The summed E-state index contributed by atoms with van der Waals surface area (Å²) in [5.74, 6) is -0.845. The SMILES string of the molecule is CC(CNC1CC1)c1cc(F)cc(F)c1. The maximum atomic E-state index is 12.9. The Morgan fingerprint density at radius 1 is 1.27 bits per heavy atom. The first-order valence-corrected chi connectivity index (χ1v) is 5.34. The number of nitrogens with one attached hydrogen (secondary N) is 1. The van der Waals surface area contributed by atoms with Gasteiger partial charge in [-0.2, -0.15) is 0 Å². The van der Waals surface area contributed by atoms with Crippen LogP contribution >= 0.6 is 0 Å². The molecule has 0 spiro atoms. The standard InChI is InChI=1S/C12H15F2N/c1-8(7-15-12-2-3-12)9-4-10(13)6-11(14)5-9/h4-6,8,12,15H,2-3,7H2,1H3. The Bertz CT molecular complexity index is 327. The van der Waals surface area contributed by atoms with Crippen molar-refractivity contribution in [1.29, 1.82) is 0 Å². The van der Waals surface area contributed by atoms with Crippen LogP contribution in [0.1, 0.15) is 31.2 Å². The predicted molar refractivity (Wildman–Crippen MR) is 55.8 cm³/mol. The molecule has 0 aliphatic heterocycles. The van der Waals surface area contributed by atoms with E-state index in [1.165, 1.54) is 25.0 Å². The van der Waals surface area contributed by atoms with Crippen molar-refractivity contribution in [2.24, 2.45) is 0 Å². The van der Waals surface area contributed by atoms with E-state index in [4.69, 9.17) is 0 Å². The third-order valence-corrected chi connectivity index (χ3v) is 2.74. The summed E-state index contributed by atoms with van der Waals surface area (Å²) in [7, 11) is 0. The van der Waals surface area contributed by atoms with Crippen LogP contribution in [0.3, 0.4) is 0 Å². The normalized spacial score (nSPS) is 17.8. The van der Waals surface area contributed by atoms with Crippen LogP contribution in [0.15, 0.2) is 18.2 Å². The highest BCUT2D eigenvalue weighted by Gasteiger charge is 2.21.